The first kappa shape index (κ1) is 19.3. The van der Waals surface area contributed by atoms with Gasteiger partial charge in [-0.05, 0) is 44.0 Å². The van der Waals surface area contributed by atoms with E-state index >= 15 is 0 Å². The van der Waals surface area contributed by atoms with Crippen molar-refractivity contribution in [3.05, 3.63) is 24.3 Å². The molecule has 0 amide bonds. The molecule has 0 atom stereocenters. The minimum atomic E-state index is -3.92. The van der Waals surface area contributed by atoms with E-state index in [2.05, 4.69) is 11.8 Å². The number of likely N-dealkylation sites (N-methyl/N-ethyl adjacent to an activating group) is 1. The van der Waals surface area contributed by atoms with Crippen LogP contribution in [0.15, 0.2) is 29.2 Å². The first-order valence-corrected chi connectivity index (χ1v) is 9.63. The van der Waals surface area contributed by atoms with Crippen LogP contribution in [0.1, 0.15) is 39.0 Å². The van der Waals surface area contributed by atoms with Gasteiger partial charge in [0.25, 0.3) is 0 Å². The summed E-state index contributed by atoms with van der Waals surface area (Å²) in [5.41, 5.74) is -1.37. The molecule has 1 fully saturated rings. The van der Waals surface area contributed by atoms with Gasteiger partial charge in [0.05, 0.1) is 4.90 Å². The van der Waals surface area contributed by atoms with E-state index in [0.29, 0.717) is 31.4 Å². The van der Waals surface area contributed by atoms with Crippen LogP contribution in [0.3, 0.4) is 0 Å². The van der Waals surface area contributed by atoms with Crippen LogP contribution in [-0.4, -0.2) is 43.0 Å². The molecule has 1 aromatic carbocycles. The quantitative estimate of drug-likeness (QED) is 0.783. The van der Waals surface area contributed by atoms with E-state index in [0.717, 1.165) is 10.7 Å². The van der Waals surface area contributed by atoms with Crippen molar-refractivity contribution in [3.63, 3.8) is 0 Å². The van der Waals surface area contributed by atoms with Crippen molar-refractivity contribution in [1.82, 2.24) is 4.31 Å². The third-order valence-electron chi connectivity index (χ3n) is 4.65. The van der Waals surface area contributed by atoms with E-state index < -0.39 is 21.5 Å². The summed E-state index contributed by atoms with van der Waals surface area (Å²) in [7, 11) is -2.56. The van der Waals surface area contributed by atoms with Crippen molar-refractivity contribution in [2.75, 3.05) is 13.7 Å². The number of aliphatic carboxylic acids is 1. The van der Waals surface area contributed by atoms with Crippen LogP contribution in [0.25, 0.3) is 0 Å². The number of hydrogen-bond donors (Lipinski definition) is 1. The number of carboxylic acids is 1. The maximum absolute atomic E-state index is 12.9. The number of hydrogen-bond acceptors (Lipinski definition) is 4. The topological polar surface area (TPSA) is 83.9 Å². The van der Waals surface area contributed by atoms with Crippen molar-refractivity contribution in [3.8, 4) is 17.6 Å². The summed E-state index contributed by atoms with van der Waals surface area (Å²) in [4.78, 5) is 11.9. The minimum Gasteiger partial charge on any atom is -0.481 e. The molecule has 6 nitrogen and oxygen atoms in total. The number of carboxylic acid groups (broad SMARTS) is 1. The van der Waals surface area contributed by atoms with Gasteiger partial charge in [-0.15, -0.1) is 5.92 Å². The number of sulfonamides is 1. The van der Waals surface area contributed by atoms with Gasteiger partial charge in [0, 0.05) is 7.05 Å². The smallest absolute Gasteiger partial charge is 0.325 e. The third-order valence-corrected chi connectivity index (χ3v) is 6.59. The van der Waals surface area contributed by atoms with Gasteiger partial charge in [-0.3, -0.25) is 4.79 Å². The predicted octanol–water partition coefficient (Wildman–Crippen LogP) is 2.50. The van der Waals surface area contributed by atoms with Crippen molar-refractivity contribution >= 4 is 16.0 Å². The molecule has 1 N–H and O–H groups in total. The molecule has 1 aromatic rings. The number of nitrogens with zero attached hydrogens (tertiary/aromatic N) is 1. The molecule has 0 aromatic heterocycles. The van der Waals surface area contributed by atoms with Gasteiger partial charge in [0.2, 0.25) is 10.0 Å². The van der Waals surface area contributed by atoms with Gasteiger partial charge < -0.3 is 9.84 Å². The Hall–Kier alpha value is -2.04. The highest BCUT2D eigenvalue weighted by Crippen LogP contribution is 2.36. The van der Waals surface area contributed by atoms with Gasteiger partial charge in [0.15, 0.2) is 0 Å². The van der Waals surface area contributed by atoms with Crippen LogP contribution in [-0.2, 0) is 14.8 Å². The zero-order chi connectivity index (χ0) is 18.5. The van der Waals surface area contributed by atoms with Gasteiger partial charge in [-0.1, -0.05) is 25.2 Å². The van der Waals surface area contributed by atoms with Crippen molar-refractivity contribution in [2.45, 2.75) is 49.5 Å². The van der Waals surface area contributed by atoms with Crippen LogP contribution in [0, 0.1) is 11.8 Å². The second-order valence-corrected chi connectivity index (χ2v) is 8.03. The van der Waals surface area contributed by atoms with Gasteiger partial charge in [-0.25, -0.2) is 8.42 Å². The zero-order valence-corrected chi connectivity index (χ0v) is 15.3. The average Bonchev–Trinajstić information content (AvgIpc) is 2.62. The summed E-state index contributed by atoms with van der Waals surface area (Å²) in [5, 5.41) is 9.70. The number of rotatable bonds is 6. The minimum absolute atomic E-state index is 0.0510. The summed E-state index contributed by atoms with van der Waals surface area (Å²) in [6.45, 7) is 1.93. The second-order valence-electron chi connectivity index (χ2n) is 6.06. The van der Waals surface area contributed by atoms with E-state index in [1.165, 1.54) is 19.2 Å². The molecule has 1 aliphatic carbocycles. The maximum Gasteiger partial charge on any atom is 0.325 e. The Morgan fingerprint density at radius 2 is 1.84 bits per heavy atom. The highest BCUT2D eigenvalue weighted by atomic mass is 32.2. The molecule has 2 rings (SSSR count). The SMILES string of the molecule is CC#CCOc1ccc(S(=O)(=O)N(C)C2(C(=O)O)CCCCC2)cc1. The monoisotopic (exact) mass is 365 g/mol. The lowest BCUT2D eigenvalue weighted by Crippen LogP contribution is -2.56. The van der Waals surface area contributed by atoms with Gasteiger partial charge in [0.1, 0.15) is 17.9 Å². The molecule has 0 saturated heterocycles. The molecule has 7 heteroatoms. The fraction of sp³-hybridized carbons (Fsp3) is 0.500. The summed E-state index contributed by atoms with van der Waals surface area (Å²) >= 11 is 0. The van der Waals surface area contributed by atoms with E-state index in [4.69, 9.17) is 4.74 Å². The molecule has 0 spiro atoms. The van der Waals surface area contributed by atoms with Gasteiger partial charge in [-0.2, -0.15) is 4.31 Å². The van der Waals surface area contributed by atoms with Crippen LogP contribution < -0.4 is 4.74 Å². The number of benzene rings is 1. The van der Waals surface area contributed by atoms with Crippen LogP contribution in [0.4, 0.5) is 0 Å². The summed E-state index contributed by atoms with van der Waals surface area (Å²) in [6, 6.07) is 5.95. The van der Waals surface area contributed by atoms with Crippen molar-refractivity contribution in [2.24, 2.45) is 0 Å². The first-order chi connectivity index (χ1) is 11.8. The van der Waals surface area contributed by atoms with E-state index in [1.54, 1.807) is 19.1 Å². The molecule has 136 valence electrons. The summed E-state index contributed by atoms with van der Waals surface area (Å²) in [6.07, 6.45) is 2.99. The molecule has 0 heterocycles. The zero-order valence-electron chi connectivity index (χ0n) is 14.5. The maximum atomic E-state index is 12.9. The molecule has 0 aliphatic heterocycles. The Labute approximate surface area is 148 Å². The normalized spacial score (nSPS) is 16.8. The van der Waals surface area contributed by atoms with Crippen LogP contribution >= 0.6 is 0 Å². The van der Waals surface area contributed by atoms with E-state index in [1.807, 2.05) is 0 Å². The Morgan fingerprint density at radius 3 is 2.36 bits per heavy atom. The molecule has 0 bridgehead atoms. The molecule has 1 aliphatic rings. The third kappa shape index (κ3) is 3.97. The fourth-order valence-electron chi connectivity index (χ4n) is 3.09. The first-order valence-electron chi connectivity index (χ1n) is 8.19. The molecular weight excluding hydrogens is 342 g/mol. The number of carbonyl (C=O) groups is 1. The second kappa shape index (κ2) is 7.89. The van der Waals surface area contributed by atoms with Crippen molar-refractivity contribution < 1.29 is 23.1 Å². The summed E-state index contributed by atoms with van der Waals surface area (Å²) in [5.74, 6) is 4.89. The highest BCUT2D eigenvalue weighted by Gasteiger charge is 2.48. The van der Waals surface area contributed by atoms with Crippen molar-refractivity contribution in [1.29, 1.82) is 0 Å². The standard InChI is InChI=1S/C18H23NO5S/c1-3-4-14-24-15-8-10-16(11-9-15)25(22,23)19(2)18(17(20)21)12-6-5-7-13-18/h8-11H,5-7,12-14H2,1-2H3,(H,20,21). The number of ether oxygens (including phenoxy) is 1. The lowest BCUT2D eigenvalue weighted by Gasteiger charge is -2.39. The largest absolute Gasteiger partial charge is 0.481 e. The highest BCUT2D eigenvalue weighted by molar-refractivity contribution is 7.89. The molecule has 0 unspecified atom stereocenters. The Balaban J connectivity index is 2.26. The fourth-order valence-corrected chi connectivity index (χ4v) is 4.60. The van der Waals surface area contributed by atoms with Crippen LogP contribution in [0.2, 0.25) is 0 Å². The van der Waals surface area contributed by atoms with Crippen LogP contribution in [0.5, 0.6) is 5.75 Å². The Bertz CT molecular complexity index is 768. The lowest BCUT2D eigenvalue weighted by molar-refractivity contribution is -0.149. The average molecular weight is 365 g/mol. The summed E-state index contributed by atoms with van der Waals surface area (Å²) < 4.78 is 32.2. The van der Waals surface area contributed by atoms with E-state index in [9.17, 15) is 18.3 Å². The molecule has 1 saturated carbocycles. The van der Waals surface area contributed by atoms with E-state index in [-0.39, 0.29) is 11.5 Å². The predicted molar refractivity (Wildman–Crippen MR) is 93.8 cm³/mol. The van der Waals surface area contributed by atoms with Gasteiger partial charge >= 0.3 is 5.97 Å². The molecule has 25 heavy (non-hydrogen) atoms. The Kier molecular flexibility index (Phi) is 6.09. The Morgan fingerprint density at radius 1 is 1.24 bits per heavy atom. The molecule has 0 radical (unpaired) electrons. The molecular formula is C18H23NO5S. The lowest BCUT2D eigenvalue weighted by atomic mass is 9.82.